The van der Waals surface area contributed by atoms with Crippen LogP contribution in [0, 0.1) is 5.41 Å². The van der Waals surface area contributed by atoms with E-state index >= 15 is 0 Å². The molecule has 0 N–H and O–H groups in total. The lowest BCUT2D eigenvalue weighted by Gasteiger charge is -2.23. The van der Waals surface area contributed by atoms with E-state index in [1.54, 1.807) is 7.11 Å². The van der Waals surface area contributed by atoms with E-state index in [4.69, 9.17) is 4.74 Å². The van der Waals surface area contributed by atoms with Gasteiger partial charge in [-0.1, -0.05) is 27.7 Å². The first-order chi connectivity index (χ1) is 6.32. The maximum absolute atomic E-state index is 5.04. The molecule has 0 fully saturated rings. The van der Waals surface area contributed by atoms with Crippen molar-refractivity contribution in [2.45, 2.75) is 48.0 Å². The molecule has 2 nitrogen and oxygen atoms in total. The van der Waals surface area contributed by atoms with E-state index < -0.39 is 0 Å². The number of nitrogens with zero attached hydrogens (tertiary/aromatic N) is 1. The summed E-state index contributed by atoms with van der Waals surface area (Å²) in [6.45, 7) is 12.7. The van der Waals surface area contributed by atoms with E-state index in [0.29, 0.717) is 0 Å². The van der Waals surface area contributed by atoms with Crippen LogP contribution < -0.4 is 0 Å². The molecule has 0 aliphatic rings. The molecule has 0 rings (SSSR count). The average Bonchev–Trinajstić information content (AvgIpc) is 2.02. The first-order valence-electron chi connectivity index (χ1n) is 5.12. The molecule has 0 bridgehead atoms. The molecule has 0 saturated heterocycles. The van der Waals surface area contributed by atoms with Gasteiger partial charge >= 0.3 is 0 Å². The van der Waals surface area contributed by atoms with E-state index in [2.05, 4.69) is 32.7 Å². The van der Waals surface area contributed by atoms with Gasteiger partial charge in [0.05, 0.1) is 7.11 Å². The fourth-order valence-electron chi connectivity index (χ4n) is 1.68. The average molecular weight is 197 g/mol. The molecule has 0 amide bonds. The summed E-state index contributed by atoms with van der Waals surface area (Å²) in [7, 11) is 1.65. The molecule has 0 saturated carbocycles. The van der Waals surface area contributed by atoms with Gasteiger partial charge in [-0.2, -0.15) is 0 Å². The van der Waals surface area contributed by atoms with Crippen LogP contribution in [-0.2, 0) is 4.74 Å². The van der Waals surface area contributed by atoms with Gasteiger partial charge in [0.1, 0.15) is 0 Å². The second-order valence-corrected chi connectivity index (χ2v) is 4.50. The van der Waals surface area contributed by atoms with Crippen molar-refractivity contribution in [1.29, 1.82) is 0 Å². The van der Waals surface area contributed by atoms with Gasteiger partial charge in [-0.25, -0.2) is 4.99 Å². The number of ether oxygens (including phenoxy) is 1. The molecule has 0 aromatic carbocycles. The van der Waals surface area contributed by atoms with Gasteiger partial charge in [0.25, 0.3) is 0 Å². The third-order valence-electron chi connectivity index (χ3n) is 2.32. The highest BCUT2D eigenvalue weighted by Crippen LogP contribution is 2.30. The number of hydrogen-bond donors (Lipinski definition) is 0. The summed E-state index contributed by atoms with van der Waals surface area (Å²) >= 11 is 0. The largest absolute Gasteiger partial charge is 0.484 e. The second-order valence-electron chi connectivity index (χ2n) is 4.50. The van der Waals surface area contributed by atoms with Gasteiger partial charge in [0.15, 0.2) is 5.90 Å². The second kappa shape index (κ2) is 5.18. The highest BCUT2D eigenvalue weighted by atomic mass is 16.5. The Hall–Kier alpha value is -0.790. The zero-order chi connectivity index (χ0) is 11.4. The van der Waals surface area contributed by atoms with Crippen LogP contribution in [0.3, 0.4) is 0 Å². The van der Waals surface area contributed by atoms with Crippen molar-refractivity contribution in [3.05, 3.63) is 11.3 Å². The Kier molecular flexibility index (Phi) is 4.89. The summed E-state index contributed by atoms with van der Waals surface area (Å²) in [5, 5.41) is 0. The quantitative estimate of drug-likeness (QED) is 0.487. The summed E-state index contributed by atoms with van der Waals surface area (Å²) in [6.07, 6.45) is 1.04. The third-order valence-corrected chi connectivity index (χ3v) is 2.32. The van der Waals surface area contributed by atoms with Crippen LogP contribution in [0.25, 0.3) is 0 Å². The van der Waals surface area contributed by atoms with Crippen molar-refractivity contribution >= 4 is 5.90 Å². The minimum Gasteiger partial charge on any atom is -0.484 e. The summed E-state index contributed by atoms with van der Waals surface area (Å²) < 4.78 is 5.04. The van der Waals surface area contributed by atoms with Crippen molar-refractivity contribution in [3.63, 3.8) is 0 Å². The van der Waals surface area contributed by atoms with Crippen LogP contribution in [-0.4, -0.2) is 13.0 Å². The predicted molar refractivity (Wildman–Crippen MR) is 62.6 cm³/mol. The maximum Gasteiger partial charge on any atom is 0.184 e. The molecule has 0 unspecified atom stereocenters. The number of rotatable bonds is 2. The lowest BCUT2D eigenvalue weighted by molar-refractivity contribution is 0.398. The Morgan fingerprint density at radius 2 is 1.71 bits per heavy atom. The maximum atomic E-state index is 5.04. The Balaban J connectivity index is 5.05. The highest BCUT2D eigenvalue weighted by molar-refractivity contribution is 5.74. The number of methoxy groups -OCH3 is 1. The fraction of sp³-hybridized carbons (Fsp3) is 0.750. The van der Waals surface area contributed by atoms with Gasteiger partial charge in [-0.05, 0) is 24.3 Å². The molecule has 0 aromatic rings. The zero-order valence-electron chi connectivity index (χ0n) is 10.6. The minimum atomic E-state index is 0.191. The Morgan fingerprint density at radius 3 is 2.00 bits per heavy atom. The molecule has 0 aliphatic heterocycles. The van der Waals surface area contributed by atoms with Crippen LogP contribution in [0.4, 0.5) is 0 Å². The first-order valence-corrected chi connectivity index (χ1v) is 5.12. The molecule has 0 spiro atoms. The summed E-state index contributed by atoms with van der Waals surface area (Å²) in [6, 6.07) is 0. The van der Waals surface area contributed by atoms with E-state index in [0.717, 1.165) is 18.0 Å². The molecule has 0 atom stereocenters. The highest BCUT2D eigenvalue weighted by Gasteiger charge is 2.17. The van der Waals surface area contributed by atoms with Crippen molar-refractivity contribution in [2.75, 3.05) is 7.11 Å². The SMILES string of the molecule is CC/C(=C(C)\N=C(/C)OC)C(C)(C)C. The number of aliphatic imine (C=N–C) groups is 1. The van der Waals surface area contributed by atoms with E-state index in [9.17, 15) is 0 Å². The van der Waals surface area contributed by atoms with Crippen molar-refractivity contribution in [1.82, 2.24) is 0 Å². The van der Waals surface area contributed by atoms with Gasteiger partial charge in [0, 0.05) is 12.6 Å². The normalized spacial score (nSPS) is 15.2. The van der Waals surface area contributed by atoms with Crippen LogP contribution in [0.15, 0.2) is 16.3 Å². The summed E-state index contributed by atoms with van der Waals surface area (Å²) in [4.78, 5) is 4.41. The van der Waals surface area contributed by atoms with Crippen LogP contribution in [0.1, 0.15) is 48.0 Å². The Labute approximate surface area is 88.1 Å². The molecule has 14 heavy (non-hydrogen) atoms. The molecule has 0 radical (unpaired) electrons. The Bertz CT molecular complexity index is 244. The third kappa shape index (κ3) is 3.95. The molecule has 0 aromatic heterocycles. The Morgan fingerprint density at radius 1 is 1.21 bits per heavy atom. The topological polar surface area (TPSA) is 21.6 Å². The molecular formula is C12H23NO. The summed E-state index contributed by atoms with van der Waals surface area (Å²) in [5.41, 5.74) is 2.66. The molecule has 82 valence electrons. The van der Waals surface area contributed by atoms with Crippen LogP contribution in [0.5, 0.6) is 0 Å². The van der Waals surface area contributed by atoms with E-state index in [1.165, 1.54) is 5.57 Å². The lowest BCUT2D eigenvalue weighted by atomic mass is 9.84. The monoisotopic (exact) mass is 197 g/mol. The van der Waals surface area contributed by atoms with E-state index in [-0.39, 0.29) is 5.41 Å². The number of allylic oxidation sites excluding steroid dienone is 2. The standard InChI is InChI=1S/C12H23NO/c1-8-11(12(4,5)6)9(2)13-10(3)14-7/h8H2,1-7H3/b11-9+,13-10+. The smallest absolute Gasteiger partial charge is 0.184 e. The van der Waals surface area contributed by atoms with E-state index in [1.807, 2.05) is 13.8 Å². The fourth-order valence-corrected chi connectivity index (χ4v) is 1.68. The van der Waals surface area contributed by atoms with Crippen LogP contribution >= 0.6 is 0 Å². The van der Waals surface area contributed by atoms with Crippen molar-refractivity contribution < 1.29 is 4.74 Å². The molecule has 0 heterocycles. The first kappa shape index (κ1) is 13.2. The lowest BCUT2D eigenvalue weighted by Crippen LogP contribution is -2.11. The van der Waals surface area contributed by atoms with Gasteiger partial charge in [-0.15, -0.1) is 0 Å². The van der Waals surface area contributed by atoms with Crippen molar-refractivity contribution in [3.8, 4) is 0 Å². The van der Waals surface area contributed by atoms with Gasteiger partial charge in [-0.3, -0.25) is 0 Å². The summed E-state index contributed by atoms with van der Waals surface area (Å²) in [5.74, 6) is 0.720. The van der Waals surface area contributed by atoms with Crippen molar-refractivity contribution in [2.24, 2.45) is 10.4 Å². The van der Waals surface area contributed by atoms with Gasteiger partial charge in [0.2, 0.25) is 0 Å². The zero-order valence-corrected chi connectivity index (χ0v) is 10.6. The molecule has 0 aliphatic carbocycles. The molecule has 2 heteroatoms. The van der Waals surface area contributed by atoms with Crippen LogP contribution in [0.2, 0.25) is 0 Å². The number of hydrogen-bond acceptors (Lipinski definition) is 2. The molecular weight excluding hydrogens is 174 g/mol. The minimum absolute atomic E-state index is 0.191. The predicted octanol–water partition coefficient (Wildman–Crippen LogP) is 3.78. The van der Waals surface area contributed by atoms with Gasteiger partial charge < -0.3 is 4.74 Å².